The van der Waals surface area contributed by atoms with Gasteiger partial charge in [-0.2, -0.15) is 0 Å². The average molecular weight is 308 g/mol. The quantitative estimate of drug-likeness (QED) is 0.761. The molecule has 5 nitrogen and oxygen atoms in total. The van der Waals surface area contributed by atoms with Crippen molar-refractivity contribution in [2.45, 2.75) is 39.3 Å². The molecule has 0 aliphatic rings. The van der Waals surface area contributed by atoms with Gasteiger partial charge in [0.1, 0.15) is 0 Å². The monoisotopic (exact) mass is 308 g/mol. The van der Waals surface area contributed by atoms with Gasteiger partial charge in [0.2, 0.25) is 5.91 Å². The summed E-state index contributed by atoms with van der Waals surface area (Å²) < 4.78 is 10.5. The summed E-state index contributed by atoms with van der Waals surface area (Å²) >= 11 is 0. The molecule has 0 radical (unpaired) electrons. The molecule has 1 amide bonds. The van der Waals surface area contributed by atoms with Crippen LogP contribution in [0.5, 0.6) is 11.5 Å². The highest BCUT2D eigenvalue weighted by Gasteiger charge is 2.17. The Morgan fingerprint density at radius 1 is 1.27 bits per heavy atom. The van der Waals surface area contributed by atoms with Gasteiger partial charge >= 0.3 is 0 Å². The maximum absolute atomic E-state index is 12.2. The van der Waals surface area contributed by atoms with E-state index in [0.717, 1.165) is 24.9 Å². The van der Waals surface area contributed by atoms with Crippen LogP contribution in [-0.2, 0) is 11.3 Å². The number of carbonyl (C=O) groups is 1. The summed E-state index contributed by atoms with van der Waals surface area (Å²) in [6, 6.07) is 5.51. The van der Waals surface area contributed by atoms with Gasteiger partial charge in [-0.25, -0.2) is 0 Å². The van der Waals surface area contributed by atoms with Crippen molar-refractivity contribution in [2.75, 3.05) is 27.8 Å². The number of unbranched alkanes of at least 4 members (excludes halogenated alkanes) is 1. The minimum absolute atomic E-state index is 0.0355. The van der Waals surface area contributed by atoms with Crippen LogP contribution < -0.4 is 14.8 Å². The number of benzene rings is 1. The SMILES string of the molecule is CCCCN(C)[C@@H](C)C(=O)NCc1ccc(OC)c(OC)c1. The Bertz CT molecular complexity index is 477. The van der Waals surface area contributed by atoms with E-state index < -0.39 is 0 Å². The second-order valence-corrected chi connectivity index (χ2v) is 5.42. The fourth-order valence-corrected chi connectivity index (χ4v) is 2.13. The Morgan fingerprint density at radius 2 is 1.95 bits per heavy atom. The molecule has 0 fully saturated rings. The number of likely N-dealkylation sites (N-methyl/N-ethyl adjacent to an activating group) is 1. The molecule has 1 rings (SSSR count). The fraction of sp³-hybridized carbons (Fsp3) is 0.588. The molecular formula is C17H28N2O3. The Kier molecular flexibility index (Phi) is 7.74. The highest BCUT2D eigenvalue weighted by molar-refractivity contribution is 5.81. The van der Waals surface area contributed by atoms with Crippen molar-refractivity contribution in [2.24, 2.45) is 0 Å². The molecule has 0 unspecified atom stereocenters. The summed E-state index contributed by atoms with van der Waals surface area (Å²) in [5.74, 6) is 1.39. The predicted octanol–water partition coefficient (Wildman–Crippen LogP) is 2.44. The number of nitrogens with one attached hydrogen (secondary N) is 1. The first-order valence-electron chi connectivity index (χ1n) is 7.72. The van der Waals surface area contributed by atoms with Gasteiger partial charge in [-0.15, -0.1) is 0 Å². The predicted molar refractivity (Wildman–Crippen MR) is 88.4 cm³/mol. The molecule has 1 N–H and O–H groups in total. The molecule has 1 atom stereocenters. The van der Waals surface area contributed by atoms with Crippen molar-refractivity contribution in [3.8, 4) is 11.5 Å². The summed E-state index contributed by atoms with van der Waals surface area (Å²) in [5.41, 5.74) is 0.981. The average Bonchev–Trinajstić information content (AvgIpc) is 2.56. The Balaban J connectivity index is 2.56. The summed E-state index contributed by atoms with van der Waals surface area (Å²) in [5, 5.41) is 2.97. The van der Waals surface area contributed by atoms with E-state index in [-0.39, 0.29) is 11.9 Å². The Labute approximate surface area is 133 Å². The topological polar surface area (TPSA) is 50.8 Å². The van der Waals surface area contributed by atoms with Crippen molar-refractivity contribution in [1.82, 2.24) is 10.2 Å². The lowest BCUT2D eigenvalue weighted by Crippen LogP contribution is -2.43. The third-order valence-corrected chi connectivity index (χ3v) is 3.82. The van der Waals surface area contributed by atoms with E-state index in [0.29, 0.717) is 18.0 Å². The lowest BCUT2D eigenvalue weighted by molar-refractivity contribution is -0.125. The fourth-order valence-electron chi connectivity index (χ4n) is 2.13. The molecule has 0 spiro atoms. The maximum Gasteiger partial charge on any atom is 0.237 e. The molecule has 0 saturated heterocycles. The third kappa shape index (κ3) is 5.22. The molecule has 0 aromatic heterocycles. The number of hydrogen-bond acceptors (Lipinski definition) is 4. The van der Waals surface area contributed by atoms with Crippen molar-refractivity contribution in [3.05, 3.63) is 23.8 Å². The van der Waals surface area contributed by atoms with Gasteiger partial charge in [0.05, 0.1) is 20.3 Å². The minimum atomic E-state index is -0.133. The highest BCUT2D eigenvalue weighted by atomic mass is 16.5. The van der Waals surface area contributed by atoms with E-state index in [4.69, 9.17) is 9.47 Å². The number of hydrogen-bond donors (Lipinski definition) is 1. The normalized spacial score (nSPS) is 12.1. The first-order valence-corrected chi connectivity index (χ1v) is 7.72. The number of carbonyl (C=O) groups excluding carboxylic acids is 1. The van der Waals surface area contributed by atoms with Crippen molar-refractivity contribution in [1.29, 1.82) is 0 Å². The van der Waals surface area contributed by atoms with E-state index in [1.807, 2.05) is 32.2 Å². The number of methoxy groups -OCH3 is 2. The van der Waals surface area contributed by atoms with Gasteiger partial charge in [-0.3, -0.25) is 9.69 Å². The Morgan fingerprint density at radius 3 is 2.55 bits per heavy atom. The number of amides is 1. The largest absolute Gasteiger partial charge is 0.493 e. The minimum Gasteiger partial charge on any atom is -0.493 e. The molecule has 22 heavy (non-hydrogen) atoms. The summed E-state index contributed by atoms with van der Waals surface area (Å²) in [6.07, 6.45) is 2.23. The first kappa shape index (κ1) is 18.3. The molecule has 1 aromatic carbocycles. The Hall–Kier alpha value is -1.75. The zero-order chi connectivity index (χ0) is 16.5. The van der Waals surface area contributed by atoms with Crippen LogP contribution in [0.3, 0.4) is 0 Å². The van der Waals surface area contributed by atoms with Crippen molar-refractivity contribution >= 4 is 5.91 Å². The van der Waals surface area contributed by atoms with Crippen LogP contribution in [0.2, 0.25) is 0 Å². The van der Waals surface area contributed by atoms with E-state index in [1.165, 1.54) is 0 Å². The maximum atomic E-state index is 12.2. The molecule has 0 heterocycles. The molecule has 124 valence electrons. The van der Waals surface area contributed by atoms with E-state index in [1.54, 1.807) is 14.2 Å². The van der Waals surface area contributed by atoms with Gasteiger partial charge in [-0.05, 0) is 44.6 Å². The molecular weight excluding hydrogens is 280 g/mol. The van der Waals surface area contributed by atoms with Gasteiger partial charge in [0.25, 0.3) is 0 Å². The standard InChI is InChI=1S/C17H28N2O3/c1-6-7-10-19(3)13(2)17(20)18-12-14-8-9-15(21-4)16(11-14)22-5/h8-9,11,13H,6-7,10,12H2,1-5H3,(H,18,20)/t13-/m0/s1. The van der Waals surface area contributed by atoms with Crippen LogP contribution in [0, 0.1) is 0 Å². The number of rotatable bonds is 9. The van der Waals surface area contributed by atoms with E-state index >= 15 is 0 Å². The van der Waals surface area contributed by atoms with Crippen LogP contribution in [0.1, 0.15) is 32.3 Å². The van der Waals surface area contributed by atoms with Crippen molar-refractivity contribution in [3.63, 3.8) is 0 Å². The summed E-state index contributed by atoms with van der Waals surface area (Å²) in [7, 11) is 5.19. The first-order chi connectivity index (χ1) is 10.5. The van der Waals surface area contributed by atoms with Gasteiger partial charge < -0.3 is 14.8 Å². The van der Waals surface area contributed by atoms with Gasteiger partial charge in [0, 0.05) is 6.54 Å². The zero-order valence-electron chi connectivity index (χ0n) is 14.3. The zero-order valence-corrected chi connectivity index (χ0v) is 14.3. The number of ether oxygens (including phenoxy) is 2. The number of nitrogens with zero attached hydrogens (tertiary/aromatic N) is 1. The molecule has 0 saturated carbocycles. The van der Waals surface area contributed by atoms with Crippen LogP contribution in [0.25, 0.3) is 0 Å². The van der Waals surface area contributed by atoms with Crippen LogP contribution in [0.15, 0.2) is 18.2 Å². The van der Waals surface area contributed by atoms with E-state index in [9.17, 15) is 4.79 Å². The highest BCUT2D eigenvalue weighted by Crippen LogP contribution is 2.27. The second-order valence-electron chi connectivity index (χ2n) is 5.42. The summed E-state index contributed by atoms with van der Waals surface area (Å²) in [6.45, 7) is 5.49. The molecule has 1 aromatic rings. The van der Waals surface area contributed by atoms with Crippen LogP contribution in [-0.4, -0.2) is 44.7 Å². The lowest BCUT2D eigenvalue weighted by atomic mass is 10.2. The van der Waals surface area contributed by atoms with Gasteiger partial charge in [0.15, 0.2) is 11.5 Å². The van der Waals surface area contributed by atoms with Crippen LogP contribution >= 0.6 is 0 Å². The molecule has 0 bridgehead atoms. The lowest BCUT2D eigenvalue weighted by Gasteiger charge is -2.23. The summed E-state index contributed by atoms with van der Waals surface area (Å²) in [4.78, 5) is 14.3. The van der Waals surface area contributed by atoms with E-state index in [2.05, 4.69) is 17.1 Å². The van der Waals surface area contributed by atoms with Gasteiger partial charge in [-0.1, -0.05) is 19.4 Å². The molecule has 0 aliphatic carbocycles. The third-order valence-electron chi connectivity index (χ3n) is 3.82. The molecule has 5 heteroatoms. The van der Waals surface area contributed by atoms with Crippen LogP contribution in [0.4, 0.5) is 0 Å². The van der Waals surface area contributed by atoms with Crippen molar-refractivity contribution < 1.29 is 14.3 Å². The molecule has 0 aliphatic heterocycles. The second kappa shape index (κ2) is 9.30. The smallest absolute Gasteiger partial charge is 0.237 e.